The number of rotatable bonds is 5. The molecule has 0 spiro atoms. The average molecular weight is 433 g/mol. The molecule has 3 rings (SSSR count). The standard InChI is InChI=1S/C17H13BrN4O5/c1-21-10-20-16(14-7-2-11(18)8-19-14)15(21)9-26-17(23)27-13-5-3-12(4-6-13)22(24)25/h2-8,10H,9H2,1H3. The maximum Gasteiger partial charge on any atom is 0.514 e. The second kappa shape index (κ2) is 7.96. The normalized spacial score (nSPS) is 10.4. The topological polar surface area (TPSA) is 109 Å². The molecule has 0 bridgehead atoms. The van der Waals surface area contributed by atoms with Gasteiger partial charge in [0.15, 0.2) is 0 Å². The predicted octanol–water partition coefficient (Wildman–Crippen LogP) is 3.87. The highest BCUT2D eigenvalue weighted by Gasteiger charge is 2.16. The van der Waals surface area contributed by atoms with Crippen LogP contribution in [0.15, 0.2) is 53.4 Å². The minimum atomic E-state index is -0.931. The first-order chi connectivity index (χ1) is 12.9. The molecule has 10 heteroatoms. The molecule has 0 saturated carbocycles. The summed E-state index contributed by atoms with van der Waals surface area (Å²) in [7, 11) is 1.77. The molecule has 138 valence electrons. The quantitative estimate of drug-likeness (QED) is 0.260. The Morgan fingerprint density at radius 3 is 2.59 bits per heavy atom. The predicted molar refractivity (Wildman–Crippen MR) is 98.0 cm³/mol. The van der Waals surface area contributed by atoms with Gasteiger partial charge < -0.3 is 14.0 Å². The summed E-state index contributed by atoms with van der Waals surface area (Å²) in [6, 6.07) is 8.75. The number of carbonyl (C=O) groups is 1. The lowest BCUT2D eigenvalue weighted by molar-refractivity contribution is -0.384. The summed E-state index contributed by atoms with van der Waals surface area (Å²) in [6.07, 6.45) is 2.32. The van der Waals surface area contributed by atoms with E-state index in [4.69, 9.17) is 9.47 Å². The minimum absolute atomic E-state index is 0.0740. The molecule has 1 aromatic carbocycles. The van der Waals surface area contributed by atoms with E-state index >= 15 is 0 Å². The van der Waals surface area contributed by atoms with Gasteiger partial charge in [0.05, 0.1) is 22.6 Å². The van der Waals surface area contributed by atoms with Gasteiger partial charge in [0.25, 0.3) is 5.69 Å². The van der Waals surface area contributed by atoms with Crippen molar-refractivity contribution < 1.29 is 19.2 Å². The van der Waals surface area contributed by atoms with Crippen LogP contribution in [0, 0.1) is 10.1 Å². The zero-order chi connectivity index (χ0) is 19.4. The second-order valence-electron chi connectivity index (χ2n) is 5.40. The first-order valence-corrected chi connectivity index (χ1v) is 8.44. The summed E-state index contributed by atoms with van der Waals surface area (Å²) in [5.74, 6) is 0.144. The van der Waals surface area contributed by atoms with Crippen molar-refractivity contribution in [3.05, 3.63) is 69.2 Å². The van der Waals surface area contributed by atoms with Crippen LogP contribution in [0.2, 0.25) is 0 Å². The van der Waals surface area contributed by atoms with Crippen molar-refractivity contribution >= 4 is 27.8 Å². The molecule has 0 aliphatic heterocycles. The number of halogens is 1. The monoisotopic (exact) mass is 432 g/mol. The number of benzene rings is 1. The van der Waals surface area contributed by atoms with E-state index in [0.717, 1.165) is 4.47 Å². The van der Waals surface area contributed by atoms with Crippen molar-refractivity contribution in [2.75, 3.05) is 0 Å². The highest BCUT2D eigenvalue weighted by molar-refractivity contribution is 9.10. The Morgan fingerprint density at radius 1 is 1.22 bits per heavy atom. The fourth-order valence-electron chi connectivity index (χ4n) is 2.24. The molecule has 2 heterocycles. The van der Waals surface area contributed by atoms with Crippen LogP contribution >= 0.6 is 15.9 Å². The average Bonchev–Trinajstić information content (AvgIpc) is 3.01. The van der Waals surface area contributed by atoms with Crippen LogP contribution in [0.3, 0.4) is 0 Å². The molecule has 0 unspecified atom stereocenters. The number of hydrogen-bond donors (Lipinski definition) is 0. The number of aryl methyl sites for hydroxylation is 1. The fourth-order valence-corrected chi connectivity index (χ4v) is 2.48. The molecule has 9 nitrogen and oxygen atoms in total. The van der Waals surface area contributed by atoms with Gasteiger partial charge in [-0.15, -0.1) is 0 Å². The summed E-state index contributed by atoms with van der Waals surface area (Å²) in [5.41, 5.74) is 1.77. The van der Waals surface area contributed by atoms with Crippen LogP contribution in [-0.4, -0.2) is 25.6 Å². The number of imidazole rings is 1. The van der Waals surface area contributed by atoms with E-state index in [-0.39, 0.29) is 18.0 Å². The molecule has 3 aromatic rings. The highest BCUT2D eigenvalue weighted by Crippen LogP contribution is 2.22. The Bertz CT molecular complexity index is 970. The first-order valence-electron chi connectivity index (χ1n) is 7.65. The number of non-ortho nitro benzene ring substituents is 1. The molecule has 0 amide bonds. The zero-order valence-electron chi connectivity index (χ0n) is 14.0. The molecule has 0 fully saturated rings. The summed E-state index contributed by atoms with van der Waals surface area (Å²) in [5, 5.41) is 10.6. The van der Waals surface area contributed by atoms with E-state index in [2.05, 4.69) is 25.9 Å². The van der Waals surface area contributed by atoms with Crippen LogP contribution < -0.4 is 4.74 Å². The number of pyridine rings is 1. The van der Waals surface area contributed by atoms with Gasteiger partial charge in [-0.2, -0.15) is 0 Å². The molecule has 0 aliphatic rings. The molecule has 0 radical (unpaired) electrons. The van der Waals surface area contributed by atoms with Gasteiger partial charge in [0.1, 0.15) is 18.1 Å². The van der Waals surface area contributed by atoms with Crippen LogP contribution in [-0.2, 0) is 18.4 Å². The molecular formula is C17H13BrN4O5. The van der Waals surface area contributed by atoms with E-state index in [0.29, 0.717) is 17.1 Å². The van der Waals surface area contributed by atoms with E-state index in [1.54, 1.807) is 30.2 Å². The van der Waals surface area contributed by atoms with Crippen molar-refractivity contribution in [1.82, 2.24) is 14.5 Å². The fraction of sp³-hybridized carbons (Fsp3) is 0.118. The third-order valence-electron chi connectivity index (χ3n) is 3.60. The number of carbonyl (C=O) groups excluding carboxylic acids is 1. The van der Waals surface area contributed by atoms with E-state index in [1.807, 2.05) is 6.07 Å². The Balaban J connectivity index is 1.66. The number of hydrogen-bond acceptors (Lipinski definition) is 7. The van der Waals surface area contributed by atoms with Gasteiger partial charge in [-0.05, 0) is 40.2 Å². The van der Waals surface area contributed by atoms with Crippen LogP contribution in [0.1, 0.15) is 5.69 Å². The lowest BCUT2D eigenvalue weighted by Crippen LogP contribution is -2.12. The van der Waals surface area contributed by atoms with Crippen LogP contribution in [0.5, 0.6) is 5.75 Å². The number of nitrogens with zero attached hydrogens (tertiary/aromatic N) is 4. The van der Waals surface area contributed by atoms with Crippen molar-refractivity contribution in [2.45, 2.75) is 6.61 Å². The van der Waals surface area contributed by atoms with E-state index in [1.165, 1.54) is 24.3 Å². The van der Waals surface area contributed by atoms with Crippen LogP contribution in [0.4, 0.5) is 10.5 Å². The smallest absolute Gasteiger partial charge is 0.427 e. The molecule has 2 aromatic heterocycles. The third kappa shape index (κ3) is 4.47. The molecule has 0 saturated heterocycles. The number of aromatic nitrogens is 3. The van der Waals surface area contributed by atoms with Crippen molar-refractivity contribution in [3.8, 4) is 17.1 Å². The first kappa shape index (κ1) is 18.5. The Hall–Kier alpha value is -3.27. The Kier molecular flexibility index (Phi) is 5.46. The molecule has 27 heavy (non-hydrogen) atoms. The lowest BCUT2D eigenvalue weighted by atomic mass is 10.2. The van der Waals surface area contributed by atoms with Gasteiger partial charge in [-0.25, -0.2) is 9.78 Å². The van der Waals surface area contributed by atoms with Crippen molar-refractivity contribution in [2.24, 2.45) is 7.05 Å². The summed E-state index contributed by atoms with van der Waals surface area (Å²) in [6.45, 7) is -0.0740. The Labute approximate surface area is 161 Å². The molecule has 0 atom stereocenters. The molecule has 0 aliphatic carbocycles. The maximum atomic E-state index is 11.9. The summed E-state index contributed by atoms with van der Waals surface area (Å²) >= 11 is 3.32. The Morgan fingerprint density at radius 2 is 1.96 bits per heavy atom. The van der Waals surface area contributed by atoms with Gasteiger partial charge in [0.2, 0.25) is 0 Å². The second-order valence-corrected chi connectivity index (χ2v) is 6.32. The maximum absolute atomic E-state index is 11.9. The van der Waals surface area contributed by atoms with Gasteiger partial charge >= 0.3 is 6.16 Å². The van der Waals surface area contributed by atoms with Gasteiger partial charge in [-0.3, -0.25) is 15.1 Å². The van der Waals surface area contributed by atoms with Crippen molar-refractivity contribution in [3.63, 3.8) is 0 Å². The number of ether oxygens (including phenoxy) is 2. The molecule has 0 N–H and O–H groups in total. The zero-order valence-corrected chi connectivity index (χ0v) is 15.6. The minimum Gasteiger partial charge on any atom is -0.427 e. The SMILES string of the molecule is Cn1cnc(-c2ccc(Br)cn2)c1COC(=O)Oc1ccc([N+](=O)[O-])cc1. The van der Waals surface area contributed by atoms with E-state index in [9.17, 15) is 14.9 Å². The van der Waals surface area contributed by atoms with E-state index < -0.39 is 11.1 Å². The number of nitro groups is 1. The largest absolute Gasteiger partial charge is 0.514 e. The van der Waals surface area contributed by atoms with Crippen molar-refractivity contribution in [1.29, 1.82) is 0 Å². The lowest BCUT2D eigenvalue weighted by Gasteiger charge is -2.08. The summed E-state index contributed by atoms with van der Waals surface area (Å²) < 4.78 is 12.7. The third-order valence-corrected chi connectivity index (χ3v) is 4.07. The summed E-state index contributed by atoms with van der Waals surface area (Å²) in [4.78, 5) is 30.6. The number of nitro benzene ring substituents is 1. The van der Waals surface area contributed by atoms with Gasteiger partial charge in [0, 0.05) is 29.8 Å². The highest BCUT2D eigenvalue weighted by atomic mass is 79.9. The van der Waals surface area contributed by atoms with Gasteiger partial charge in [-0.1, -0.05) is 0 Å². The molecular weight excluding hydrogens is 420 g/mol. The van der Waals surface area contributed by atoms with Crippen LogP contribution in [0.25, 0.3) is 11.4 Å².